The van der Waals surface area contributed by atoms with Crippen LogP contribution in [0.2, 0.25) is 0 Å². The lowest BCUT2D eigenvalue weighted by molar-refractivity contribution is -0.147. The number of allylic oxidation sites excluding steroid dienone is 11. The summed E-state index contributed by atoms with van der Waals surface area (Å²) < 4.78 is 5.92. The molecule has 0 saturated heterocycles. The first-order valence-electron chi connectivity index (χ1n) is 20.8. The zero-order valence-electron chi connectivity index (χ0n) is 33.1. The molecule has 0 radical (unpaired) electrons. The lowest BCUT2D eigenvalue weighted by atomic mass is 10.0. The number of aliphatic carboxylic acids is 1. The molecule has 0 aromatic carbocycles. The topological polar surface area (TPSA) is 119 Å². The van der Waals surface area contributed by atoms with Crippen molar-refractivity contribution in [3.63, 3.8) is 0 Å². The molecule has 0 heterocycles. The van der Waals surface area contributed by atoms with E-state index in [4.69, 9.17) is 10.5 Å². The summed E-state index contributed by atoms with van der Waals surface area (Å²) in [4.78, 5) is 36.2. The van der Waals surface area contributed by atoms with Crippen molar-refractivity contribution in [2.75, 3.05) is 6.54 Å². The Labute approximate surface area is 318 Å². The summed E-state index contributed by atoms with van der Waals surface area (Å²) >= 11 is 0. The van der Waals surface area contributed by atoms with Crippen LogP contribution >= 0.6 is 0 Å². The minimum absolute atomic E-state index is 0.0969. The van der Waals surface area contributed by atoms with Crippen molar-refractivity contribution in [2.24, 2.45) is 5.73 Å². The van der Waals surface area contributed by atoms with Gasteiger partial charge in [-0.1, -0.05) is 138 Å². The lowest BCUT2D eigenvalue weighted by Crippen LogP contribution is -2.40. The Bertz CT molecular complexity index is 1040. The van der Waals surface area contributed by atoms with E-state index in [2.05, 4.69) is 92.1 Å². The highest BCUT2D eigenvalue weighted by Crippen LogP contribution is 2.15. The number of esters is 1. The molecule has 0 aromatic rings. The van der Waals surface area contributed by atoms with Gasteiger partial charge in [0.15, 0.2) is 0 Å². The monoisotopic (exact) mass is 725 g/mol. The van der Waals surface area contributed by atoms with Crippen molar-refractivity contribution < 1.29 is 24.2 Å². The molecular formula is C45H76N2O5. The number of hydrogen-bond acceptors (Lipinski definition) is 5. The van der Waals surface area contributed by atoms with E-state index in [9.17, 15) is 19.5 Å². The number of carboxylic acids is 1. The fourth-order valence-corrected chi connectivity index (χ4v) is 5.69. The van der Waals surface area contributed by atoms with Gasteiger partial charge in [0.1, 0.15) is 12.1 Å². The summed E-state index contributed by atoms with van der Waals surface area (Å²) in [5.41, 5.74) is 5.47. The van der Waals surface area contributed by atoms with Gasteiger partial charge in [-0.15, -0.1) is 0 Å². The van der Waals surface area contributed by atoms with Crippen LogP contribution in [-0.2, 0) is 19.1 Å². The quantitative estimate of drug-likeness (QED) is 0.0336. The van der Waals surface area contributed by atoms with Crippen LogP contribution in [0.5, 0.6) is 0 Å². The average Bonchev–Trinajstić information content (AvgIpc) is 3.13. The first kappa shape index (κ1) is 48.8. The summed E-state index contributed by atoms with van der Waals surface area (Å²) in [6.07, 6.45) is 49.7. The van der Waals surface area contributed by atoms with Gasteiger partial charge < -0.3 is 20.9 Å². The van der Waals surface area contributed by atoms with Crippen molar-refractivity contribution in [1.29, 1.82) is 0 Å². The normalized spacial score (nSPS) is 13.4. The van der Waals surface area contributed by atoms with Gasteiger partial charge in [-0.25, -0.2) is 4.79 Å². The zero-order valence-corrected chi connectivity index (χ0v) is 33.1. The van der Waals surface area contributed by atoms with Crippen molar-refractivity contribution in [3.8, 4) is 0 Å². The predicted octanol–water partition coefficient (Wildman–Crippen LogP) is 11.6. The highest BCUT2D eigenvalue weighted by molar-refractivity contribution is 5.83. The van der Waals surface area contributed by atoms with Crippen LogP contribution in [0.15, 0.2) is 72.9 Å². The first-order valence-corrected chi connectivity index (χ1v) is 20.8. The molecule has 0 aliphatic rings. The molecule has 2 atom stereocenters. The molecule has 7 heteroatoms. The van der Waals surface area contributed by atoms with Gasteiger partial charge in [0.2, 0.25) is 5.91 Å². The van der Waals surface area contributed by atoms with E-state index in [-0.39, 0.29) is 18.0 Å². The molecule has 4 N–H and O–H groups in total. The molecule has 52 heavy (non-hydrogen) atoms. The largest absolute Gasteiger partial charge is 0.480 e. The fourth-order valence-electron chi connectivity index (χ4n) is 5.69. The van der Waals surface area contributed by atoms with E-state index in [0.29, 0.717) is 32.2 Å². The van der Waals surface area contributed by atoms with E-state index in [0.717, 1.165) is 103 Å². The van der Waals surface area contributed by atoms with Crippen LogP contribution in [0.25, 0.3) is 0 Å². The summed E-state index contributed by atoms with van der Waals surface area (Å²) in [7, 11) is 0. The molecule has 0 aliphatic carbocycles. The maximum Gasteiger partial charge on any atom is 0.326 e. The molecule has 0 fully saturated rings. The van der Waals surface area contributed by atoms with E-state index < -0.39 is 12.0 Å². The molecule has 0 aliphatic heterocycles. The first-order chi connectivity index (χ1) is 25.4. The number of nitrogens with two attached hydrogens (primary N) is 1. The molecular weight excluding hydrogens is 649 g/mol. The van der Waals surface area contributed by atoms with Crippen molar-refractivity contribution >= 4 is 17.8 Å². The van der Waals surface area contributed by atoms with E-state index in [1.165, 1.54) is 32.1 Å². The highest BCUT2D eigenvalue weighted by atomic mass is 16.5. The van der Waals surface area contributed by atoms with Crippen LogP contribution in [0, 0.1) is 0 Å². The number of ether oxygens (including phenoxy) is 1. The Kier molecular flexibility index (Phi) is 36.6. The minimum atomic E-state index is -1.01. The van der Waals surface area contributed by atoms with Gasteiger partial charge >= 0.3 is 11.9 Å². The Morgan fingerprint density at radius 1 is 0.577 bits per heavy atom. The SMILES string of the molecule is CC/C=C\C/C=C\C/C=C\CCCCCCCCCC(=O)OC(/C=C\C/C=C\C/C=C\CC)CCCCCCCCC(=O)NC(CCCN)C(=O)O. The Morgan fingerprint density at radius 2 is 1.06 bits per heavy atom. The summed E-state index contributed by atoms with van der Waals surface area (Å²) in [5, 5.41) is 11.9. The third kappa shape index (κ3) is 35.2. The van der Waals surface area contributed by atoms with E-state index in [1.54, 1.807) is 0 Å². The second-order valence-electron chi connectivity index (χ2n) is 13.6. The fraction of sp³-hybridized carbons (Fsp3) is 0.667. The third-order valence-electron chi connectivity index (χ3n) is 8.75. The van der Waals surface area contributed by atoms with Gasteiger partial charge in [0.05, 0.1) is 0 Å². The van der Waals surface area contributed by atoms with E-state index in [1.807, 2.05) is 0 Å². The van der Waals surface area contributed by atoms with E-state index >= 15 is 0 Å². The second kappa shape index (κ2) is 39.0. The van der Waals surface area contributed by atoms with Crippen LogP contribution in [0.3, 0.4) is 0 Å². The second-order valence-corrected chi connectivity index (χ2v) is 13.6. The minimum Gasteiger partial charge on any atom is -0.480 e. The number of rotatable bonds is 36. The Hall–Kier alpha value is -3.19. The molecule has 0 bridgehead atoms. The molecule has 296 valence electrons. The predicted molar refractivity (Wildman–Crippen MR) is 220 cm³/mol. The van der Waals surface area contributed by atoms with Crippen molar-refractivity contribution in [2.45, 2.75) is 187 Å². The number of unbranched alkanes of at least 4 members (excludes halogenated alkanes) is 12. The number of carbonyl (C=O) groups is 3. The molecule has 0 spiro atoms. The average molecular weight is 725 g/mol. The molecule has 0 aromatic heterocycles. The maximum atomic E-state index is 12.7. The lowest BCUT2D eigenvalue weighted by Gasteiger charge is -2.15. The molecule has 7 nitrogen and oxygen atoms in total. The zero-order chi connectivity index (χ0) is 38.2. The van der Waals surface area contributed by atoms with Crippen molar-refractivity contribution in [1.82, 2.24) is 5.32 Å². The van der Waals surface area contributed by atoms with Crippen LogP contribution < -0.4 is 11.1 Å². The summed E-state index contributed by atoms with van der Waals surface area (Å²) in [5.74, 6) is -1.32. The molecule has 1 amide bonds. The smallest absolute Gasteiger partial charge is 0.326 e. The van der Waals surface area contributed by atoms with Gasteiger partial charge in [-0.05, 0) is 103 Å². The number of hydrogen-bond donors (Lipinski definition) is 3. The summed E-state index contributed by atoms with van der Waals surface area (Å²) in [6.45, 7) is 4.70. The number of amides is 1. The summed E-state index contributed by atoms with van der Waals surface area (Å²) in [6, 6.07) is -0.861. The molecule has 0 saturated carbocycles. The maximum absolute atomic E-state index is 12.7. The molecule has 2 unspecified atom stereocenters. The van der Waals surface area contributed by atoms with Crippen LogP contribution in [-0.4, -0.2) is 41.6 Å². The van der Waals surface area contributed by atoms with Gasteiger partial charge in [-0.3, -0.25) is 9.59 Å². The van der Waals surface area contributed by atoms with Gasteiger partial charge in [0, 0.05) is 12.8 Å². The van der Waals surface area contributed by atoms with Gasteiger partial charge in [0.25, 0.3) is 0 Å². The Balaban J connectivity index is 4.29. The molecule has 0 rings (SSSR count). The Morgan fingerprint density at radius 3 is 1.62 bits per heavy atom. The van der Waals surface area contributed by atoms with Crippen LogP contribution in [0.4, 0.5) is 0 Å². The standard InChI is InChI=1S/C45H76N2O5/c1-3-5-7-9-11-13-14-15-16-17-18-19-20-21-23-29-33-39-44(49)52-41(35-30-26-22-12-10-8-6-4-2)36-31-27-24-25-28-32-38-43(48)47-42(45(50)51)37-34-40-46/h5-8,11-13,15-16,22,30,35,41-42H,3-4,9-10,14,17-21,23-29,31-34,36-40,46H2,1-2H3,(H,47,48)(H,50,51)/b7-5-,8-6-,13-11-,16-15-,22-12-,35-30-. The number of nitrogens with one attached hydrogen (secondary N) is 1. The number of carboxylic acid groups (broad SMARTS) is 1. The van der Waals surface area contributed by atoms with Gasteiger partial charge in [-0.2, -0.15) is 0 Å². The number of carbonyl (C=O) groups excluding carboxylic acids is 2. The highest BCUT2D eigenvalue weighted by Gasteiger charge is 2.18. The van der Waals surface area contributed by atoms with Crippen LogP contribution in [0.1, 0.15) is 174 Å². The third-order valence-corrected chi connectivity index (χ3v) is 8.75. The van der Waals surface area contributed by atoms with Crippen molar-refractivity contribution in [3.05, 3.63) is 72.9 Å².